The molecule has 0 radical (unpaired) electrons. The molecule has 0 aliphatic rings. The Hall–Kier alpha value is -1.51. The Morgan fingerprint density at radius 2 is 2.06 bits per heavy atom. The summed E-state index contributed by atoms with van der Waals surface area (Å²) in [4.78, 5) is 11.2. The van der Waals surface area contributed by atoms with E-state index in [4.69, 9.17) is 9.47 Å². The van der Waals surface area contributed by atoms with E-state index < -0.39 is 0 Å². The molecule has 0 amide bonds. The predicted octanol–water partition coefficient (Wildman–Crippen LogP) is 2.64. The van der Waals surface area contributed by atoms with Crippen LogP contribution in [0.1, 0.15) is 24.5 Å². The van der Waals surface area contributed by atoms with Crippen molar-refractivity contribution in [2.24, 2.45) is 0 Å². The van der Waals surface area contributed by atoms with Gasteiger partial charge in [0, 0.05) is 0 Å². The van der Waals surface area contributed by atoms with Crippen molar-refractivity contribution in [3.63, 3.8) is 0 Å². The third-order valence-electron chi connectivity index (χ3n) is 2.14. The molecule has 1 aromatic rings. The minimum atomic E-state index is -0.318. The molecule has 0 heterocycles. The molecule has 1 aromatic carbocycles. The van der Waals surface area contributed by atoms with Crippen LogP contribution in [0.15, 0.2) is 18.2 Å². The van der Waals surface area contributed by atoms with Crippen molar-refractivity contribution in [1.29, 1.82) is 0 Å². The summed E-state index contributed by atoms with van der Waals surface area (Å²) in [5.41, 5.74) is 2.21. The fraction of sp³-hybridized carbons (Fsp3) is 0.462. The van der Waals surface area contributed by atoms with Gasteiger partial charge in [-0.05, 0) is 31.9 Å². The van der Waals surface area contributed by atoms with E-state index in [1.165, 1.54) is 5.56 Å². The molecule has 16 heavy (non-hydrogen) atoms. The Kier molecular flexibility index (Phi) is 4.83. The Balaban J connectivity index is 2.45. The molecule has 0 aliphatic carbocycles. The first-order valence-corrected chi connectivity index (χ1v) is 5.49. The van der Waals surface area contributed by atoms with E-state index in [0.29, 0.717) is 6.61 Å². The smallest absolute Gasteiger partial charge is 0.344 e. The lowest BCUT2D eigenvalue weighted by Crippen LogP contribution is -2.15. The van der Waals surface area contributed by atoms with Gasteiger partial charge in [-0.25, -0.2) is 4.79 Å². The lowest BCUT2D eigenvalue weighted by Gasteiger charge is -2.09. The molecule has 0 spiro atoms. The molecule has 3 nitrogen and oxygen atoms in total. The Labute approximate surface area is 96.4 Å². The van der Waals surface area contributed by atoms with Crippen LogP contribution in [0.2, 0.25) is 0 Å². The van der Waals surface area contributed by atoms with Gasteiger partial charge < -0.3 is 9.47 Å². The van der Waals surface area contributed by atoms with Gasteiger partial charge in [-0.15, -0.1) is 0 Å². The molecule has 0 aromatic heterocycles. The van der Waals surface area contributed by atoms with E-state index in [-0.39, 0.29) is 12.6 Å². The standard InChI is InChI=1S/C13H18O3/c1-4-7-15-13(14)9-16-12-6-5-10(2)8-11(12)3/h5-6,8H,4,7,9H2,1-3H3. The fourth-order valence-electron chi connectivity index (χ4n) is 1.36. The first-order valence-electron chi connectivity index (χ1n) is 5.49. The molecule has 0 bridgehead atoms. The summed E-state index contributed by atoms with van der Waals surface area (Å²) in [5, 5.41) is 0. The van der Waals surface area contributed by atoms with Gasteiger partial charge in [0.2, 0.25) is 0 Å². The van der Waals surface area contributed by atoms with Gasteiger partial charge in [0.1, 0.15) is 5.75 Å². The number of rotatable bonds is 5. The first kappa shape index (κ1) is 12.6. The maximum atomic E-state index is 11.2. The van der Waals surface area contributed by atoms with Crippen molar-refractivity contribution in [2.75, 3.05) is 13.2 Å². The summed E-state index contributed by atoms with van der Waals surface area (Å²) in [6, 6.07) is 5.85. The van der Waals surface area contributed by atoms with Crippen LogP contribution in [0.25, 0.3) is 0 Å². The number of carbonyl (C=O) groups is 1. The molecule has 0 atom stereocenters. The van der Waals surface area contributed by atoms with Crippen LogP contribution in [0, 0.1) is 13.8 Å². The van der Waals surface area contributed by atoms with Crippen molar-refractivity contribution in [2.45, 2.75) is 27.2 Å². The highest BCUT2D eigenvalue weighted by Gasteiger charge is 2.05. The van der Waals surface area contributed by atoms with Crippen LogP contribution in [0.3, 0.4) is 0 Å². The Morgan fingerprint density at radius 3 is 2.69 bits per heavy atom. The van der Waals surface area contributed by atoms with Gasteiger partial charge in [0.05, 0.1) is 6.61 Å². The van der Waals surface area contributed by atoms with E-state index >= 15 is 0 Å². The summed E-state index contributed by atoms with van der Waals surface area (Å²) >= 11 is 0. The lowest BCUT2D eigenvalue weighted by molar-refractivity contribution is -0.146. The van der Waals surface area contributed by atoms with E-state index in [0.717, 1.165) is 17.7 Å². The zero-order valence-corrected chi connectivity index (χ0v) is 10.1. The second-order valence-corrected chi connectivity index (χ2v) is 3.78. The molecule has 1 rings (SSSR count). The molecule has 0 saturated heterocycles. The minimum absolute atomic E-state index is 0.0239. The summed E-state index contributed by atoms with van der Waals surface area (Å²) < 4.78 is 10.3. The van der Waals surface area contributed by atoms with E-state index in [9.17, 15) is 4.79 Å². The first-order chi connectivity index (χ1) is 7.63. The number of benzene rings is 1. The van der Waals surface area contributed by atoms with Gasteiger partial charge in [-0.1, -0.05) is 24.6 Å². The van der Waals surface area contributed by atoms with E-state index in [2.05, 4.69) is 0 Å². The summed E-state index contributed by atoms with van der Waals surface area (Å²) in [6.45, 7) is 6.36. The molecule has 0 unspecified atom stereocenters. The highest BCUT2D eigenvalue weighted by Crippen LogP contribution is 2.18. The lowest BCUT2D eigenvalue weighted by atomic mass is 10.1. The molecule has 3 heteroatoms. The molecule has 0 fully saturated rings. The fourth-order valence-corrected chi connectivity index (χ4v) is 1.36. The number of ether oxygens (including phenoxy) is 2. The number of aryl methyl sites for hydroxylation is 2. The molecule has 0 aliphatic heterocycles. The van der Waals surface area contributed by atoms with E-state index in [1.807, 2.05) is 39.0 Å². The molecular weight excluding hydrogens is 204 g/mol. The van der Waals surface area contributed by atoms with Crippen LogP contribution < -0.4 is 4.74 Å². The second kappa shape index (κ2) is 6.16. The minimum Gasteiger partial charge on any atom is -0.482 e. The molecular formula is C13H18O3. The monoisotopic (exact) mass is 222 g/mol. The van der Waals surface area contributed by atoms with Crippen LogP contribution in [-0.4, -0.2) is 19.2 Å². The predicted molar refractivity (Wildman–Crippen MR) is 62.7 cm³/mol. The summed E-state index contributed by atoms with van der Waals surface area (Å²) in [5.74, 6) is 0.417. The molecule has 0 saturated carbocycles. The Morgan fingerprint density at radius 1 is 1.31 bits per heavy atom. The van der Waals surface area contributed by atoms with Crippen molar-refractivity contribution in [1.82, 2.24) is 0 Å². The number of hydrogen-bond donors (Lipinski definition) is 0. The zero-order chi connectivity index (χ0) is 12.0. The summed E-state index contributed by atoms with van der Waals surface area (Å²) in [7, 11) is 0. The van der Waals surface area contributed by atoms with Gasteiger partial charge in [0.25, 0.3) is 0 Å². The third kappa shape index (κ3) is 3.93. The topological polar surface area (TPSA) is 35.5 Å². The third-order valence-corrected chi connectivity index (χ3v) is 2.14. The highest BCUT2D eigenvalue weighted by molar-refractivity contribution is 5.71. The maximum Gasteiger partial charge on any atom is 0.344 e. The highest BCUT2D eigenvalue weighted by atomic mass is 16.6. The van der Waals surface area contributed by atoms with Crippen LogP contribution in [0.5, 0.6) is 5.75 Å². The number of esters is 1. The second-order valence-electron chi connectivity index (χ2n) is 3.78. The van der Waals surface area contributed by atoms with Gasteiger partial charge >= 0.3 is 5.97 Å². The van der Waals surface area contributed by atoms with Crippen LogP contribution in [0.4, 0.5) is 0 Å². The SMILES string of the molecule is CCCOC(=O)COc1ccc(C)cc1C. The zero-order valence-electron chi connectivity index (χ0n) is 10.1. The number of carbonyl (C=O) groups excluding carboxylic acids is 1. The van der Waals surface area contributed by atoms with E-state index in [1.54, 1.807) is 0 Å². The molecule has 88 valence electrons. The number of hydrogen-bond acceptors (Lipinski definition) is 3. The average Bonchev–Trinajstić information content (AvgIpc) is 2.25. The van der Waals surface area contributed by atoms with Crippen molar-refractivity contribution in [3.8, 4) is 5.75 Å². The van der Waals surface area contributed by atoms with Crippen molar-refractivity contribution in [3.05, 3.63) is 29.3 Å². The van der Waals surface area contributed by atoms with Crippen molar-refractivity contribution >= 4 is 5.97 Å². The van der Waals surface area contributed by atoms with Crippen molar-refractivity contribution < 1.29 is 14.3 Å². The van der Waals surface area contributed by atoms with Gasteiger partial charge in [-0.3, -0.25) is 0 Å². The largest absolute Gasteiger partial charge is 0.482 e. The quantitative estimate of drug-likeness (QED) is 0.718. The van der Waals surface area contributed by atoms with Crippen LogP contribution in [-0.2, 0) is 9.53 Å². The van der Waals surface area contributed by atoms with Gasteiger partial charge in [-0.2, -0.15) is 0 Å². The molecule has 0 N–H and O–H groups in total. The average molecular weight is 222 g/mol. The maximum absolute atomic E-state index is 11.2. The van der Waals surface area contributed by atoms with Gasteiger partial charge in [0.15, 0.2) is 6.61 Å². The Bertz CT molecular complexity index is 358. The van der Waals surface area contributed by atoms with Crippen LogP contribution >= 0.6 is 0 Å². The summed E-state index contributed by atoms with van der Waals surface area (Å²) in [6.07, 6.45) is 0.829. The normalized spacial score (nSPS) is 9.94.